The van der Waals surface area contributed by atoms with Gasteiger partial charge in [0.1, 0.15) is 0 Å². The maximum absolute atomic E-state index is 5.38. The van der Waals surface area contributed by atoms with Crippen LogP contribution in [0.4, 0.5) is 0 Å². The minimum Gasteiger partial charge on any atom is -0.371 e. The molecule has 1 fully saturated rings. The van der Waals surface area contributed by atoms with Gasteiger partial charge < -0.3 is 10.1 Å². The van der Waals surface area contributed by atoms with Crippen molar-refractivity contribution in [2.45, 2.75) is 13.0 Å². The first kappa shape index (κ1) is 9.95. The molecule has 0 saturated carbocycles. The van der Waals surface area contributed by atoms with E-state index in [1.54, 1.807) is 0 Å². The lowest BCUT2D eigenvalue weighted by Gasteiger charge is -2.27. The van der Waals surface area contributed by atoms with Crippen molar-refractivity contribution in [2.24, 2.45) is 0 Å². The molecule has 1 aliphatic heterocycles. The average Bonchev–Trinajstić information content (AvgIpc) is 1.60. The molecule has 0 aliphatic carbocycles. The van der Waals surface area contributed by atoms with Gasteiger partial charge in [-0.2, -0.15) is 0 Å². The summed E-state index contributed by atoms with van der Waals surface area (Å²) >= 11 is 0. The monoisotopic (exact) mass is 163 g/mol. The molecule has 2 nitrogen and oxygen atoms in total. The molecule has 10 heavy (non-hydrogen) atoms. The molecule has 1 rings (SSSR count). The van der Waals surface area contributed by atoms with Gasteiger partial charge in [-0.1, -0.05) is 12.2 Å². The molecular formula is C7H14ClNO. The maximum Gasteiger partial charge on any atom is 0.0827 e. The highest BCUT2D eigenvalue weighted by atomic mass is 35.5. The van der Waals surface area contributed by atoms with E-state index in [1.807, 2.05) is 6.92 Å². The first-order chi connectivity index (χ1) is 4.29. The summed E-state index contributed by atoms with van der Waals surface area (Å²) < 4.78 is 5.38. The minimum atomic E-state index is 0. The van der Waals surface area contributed by atoms with Crippen LogP contribution in [-0.4, -0.2) is 25.8 Å². The highest BCUT2D eigenvalue weighted by molar-refractivity contribution is 5.85. The Labute approximate surface area is 68.0 Å². The third-order valence-electron chi connectivity index (χ3n) is 1.31. The van der Waals surface area contributed by atoms with Gasteiger partial charge in [-0.15, -0.1) is 12.4 Å². The highest BCUT2D eigenvalue weighted by Gasteiger charge is 2.15. The number of hydrogen-bond acceptors (Lipinski definition) is 2. The number of rotatable bonds is 3. The molecule has 0 aromatic carbocycles. The van der Waals surface area contributed by atoms with Crippen molar-refractivity contribution in [1.82, 2.24) is 5.32 Å². The zero-order chi connectivity index (χ0) is 6.69. The van der Waals surface area contributed by atoms with Crippen molar-refractivity contribution in [3.8, 4) is 0 Å². The summed E-state index contributed by atoms with van der Waals surface area (Å²) in [6, 6.07) is 0. The molecule has 60 valence electrons. The molecule has 0 bridgehead atoms. The Morgan fingerprint density at radius 2 is 2.30 bits per heavy atom. The highest BCUT2D eigenvalue weighted by Crippen LogP contribution is 1.99. The van der Waals surface area contributed by atoms with Gasteiger partial charge in [0.2, 0.25) is 0 Å². The lowest BCUT2D eigenvalue weighted by Crippen LogP contribution is -2.48. The normalized spacial score (nSPS) is 17.3. The SMILES string of the molecule is C=C(C)COC1CNC1.Cl. The Bertz CT molecular complexity index is 112. The van der Waals surface area contributed by atoms with Crippen molar-refractivity contribution in [3.63, 3.8) is 0 Å². The van der Waals surface area contributed by atoms with E-state index in [0.29, 0.717) is 12.7 Å². The van der Waals surface area contributed by atoms with E-state index in [2.05, 4.69) is 11.9 Å². The van der Waals surface area contributed by atoms with Crippen LogP contribution in [0.25, 0.3) is 0 Å². The zero-order valence-electron chi connectivity index (χ0n) is 6.22. The van der Waals surface area contributed by atoms with Crippen molar-refractivity contribution < 1.29 is 4.74 Å². The molecule has 0 atom stereocenters. The van der Waals surface area contributed by atoms with Gasteiger partial charge in [-0.25, -0.2) is 0 Å². The van der Waals surface area contributed by atoms with E-state index in [-0.39, 0.29) is 12.4 Å². The Kier molecular flexibility index (Phi) is 4.69. The second-order valence-electron chi connectivity index (χ2n) is 2.55. The van der Waals surface area contributed by atoms with E-state index in [0.717, 1.165) is 18.7 Å². The van der Waals surface area contributed by atoms with E-state index in [1.165, 1.54) is 0 Å². The second kappa shape index (κ2) is 4.72. The fourth-order valence-corrected chi connectivity index (χ4v) is 0.640. The molecule has 1 N–H and O–H groups in total. The largest absolute Gasteiger partial charge is 0.371 e. The van der Waals surface area contributed by atoms with Crippen LogP contribution >= 0.6 is 12.4 Å². The Morgan fingerprint density at radius 3 is 2.60 bits per heavy atom. The fraction of sp³-hybridized carbons (Fsp3) is 0.714. The lowest BCUT2D eigenvalue weighted by molar-refractivity contribution is 0.0328. The van der Waals surface area contributed by atoms with Gasteiger partial charge in [-0.05, 0) is 6.92 Å². The summed E-state index contributed by atoms with van der Waals surface area (Å²) in [7, 11) is 0. The predicted octanol–water partition coefficient (Wildman–Crippen LogP) is 0.973. The summed E-state index contributed by atoms with van der Waals surface area (Å²) in [5.74, 6) is 0. The molecule has 0 aromatic rings. The van der Waals surface area contributed by atoms with Gasteiger partial charge in [0.05, 0.1) is 12.7 Å². The summed E-state index contributed by atoms with van der Waals surface area (Å²) in [5.41, 5.74) is 1.10. The van der Waals surface area contributed by atoms with Crippen LogP contribution in [0.5, 0.6) is 0 Å². The Balaban J connectivity index is 0.000000810. The summed E-state index contributed by atoms with van der Waals surface area (Å²) in [6.07, 6.45) is 0.446. The molecular weight excluding hydrogens is 150 g/mol. The topological polar surface area (TPSA) is 21.3 Å². The molecule has 0 aromatic heterocycles. The van der Waals surface area contributed by atoms with E-state index in [4.69, 9.17) is 4.74 Å². The average molecular weight is 164 g/mol. The van der Waals surface area contributed by atoms with Crippen LogP contribution in [0, 0.1) is 0 Å². The quantitative estimate of drug-likeness (QED) is 0.627. The van der Waals surface area contributed by atoms with Crippen LogP contribution in [-0.2, 0) is 4.74 Å². The summed E-state index contributed by atoms with van der Waals surface area (Å²) in [6.45, 7) is 8.45. The van der Waals surface area contributed by atoms with E-state index < -0.39 is 0 Å². The van der Waals surface area contributed by atoms with Gasteiger partial charge in [-0.3, -0.25) is 0 Å². The summed E-state index contributed by atoms with van der Waals surface area (Å²) in [5, 5.41) is 3.13. The number of hydrogen-bond donors (Lipinski definition) is 1. The Morgan fingerprint density at radius 1 is 1.70 bits per heavy atom. The minimum absolute atomic E-state index is 0. The predicted molar refractivity (Wildman–Crippen MR) is 44.7 cm³/mol. The number of halogens is 1. The van der Waals surface area contributed by atoms with Crippen LogP contribution in [0.2, 0.25) is 0 Å². The smallest absolute Gasteiger partial charge is 0.0827 e. The lowest BCUT2D eigenvalue weighted by atomic mass is 10.2. The van der Waals surface area contributed by atoms with Gasteiger partial charge in [0.25, 0.3) is 0 Å². The van der Waals surface area contributed by atoms with Crippen molar-refractivity contribution >= 4 is 12.4 Å². The third kappa shape index (κ3) is 3.20. The maximum atomic E-state index is 5.38. The van der Waals surface area contributed by atoms with Crippen LogP contribution in [0.3, 0.4) is 0 Å². The van der Waals surface area contributed by atoms with Crippen LogP contribution in [0.15, 0.2) is 12.2 Å². The molecule has 1 heterocycles. The Hall–Kier alpha value is -0.0500. The van der Waals surface area contributed by atoms with E-state index >= 15 is 0 Å². The first-order valence-corrected chi connectivity index (χ1v) is 3.26. The first-order valence-electron chi connectivity index (χ1n) is 3.26. The number of ether oxygens (including phenoxy) is 1. The molecule has 0 amide bonds. The fourth-order valence-electron chi connectivity index (χ4n) is 0.640. The van der Waals surface area contributed by atoms with Crippen molar-refractivity contribution in [2.75, 3.05) is 19.7 Å². The molecule has 1 aliphatic rings. The third-order valence-corrected chi connectivity index (χ3v) is 1.31. The van der Waals surface area contributed by atoms with Crippen molar-refractivity contribution in [1.29, 1.82) is 0 Å². The molecule has 0 radical (unpaired) electrons. The second-order valence-corrected chi connectivity index (χ2v) is 2.55. The van der Waals surface area contributed by atoms with Gasteiger partial charge >= 0.3 is 0 Å². The standard InChI is InChI=1S/C7H13NO.ClH/c1-6(2)5-9-7-3-8-4-7;/h7-8H,1,3-5H2,2H3;1H. The zero-order valence-corrected chi connectivity index (χ0v) is 7.04. The molecule has 3 heteroatoms. The molecule has 0 unspecified atom stereocenters. The molecule has 0 spiro atoms. The van der Waals surface area contributed by atoms with Crippen LogP contribution < -0.4 is 5.32 Å². The van der Waals surface area contributed by atoms with E-state index in [9.17, 15) is 0 Å². The summed E-state index contributed by atoms with van der Waals surface area (Å²) in [4.78, 5) is 0. The number of nitrogens with one attached hydrogen (secondary N) is 1. The van der Waals surface area contributed by atoms with Gasteiger partial charge in [0, 0.05) is 13.1 Å². The van der Waals surface area contributed by atoms with Gasteiger partial charge in [0.15, 0.2) is 0 Å². The molecule has 1 saturated heterocycles. The van der Waals surface area contributed by atoms with Crippen molar-refractivity contribution in [3.05, 3.63) is 12.2 Å². The van der Waals surface area contributed by atoms with Crippen LogP contribution in [0.1, 0.15) is 6.92 Å².